The van der Waals surface area contributed by atoms with Crippen LogP contribution in [0.5, 0.6) is 5.75 Å². The van der Waals surface area contributed by atoms with Gasteiger partial charge in [-0.3, -0.25) is 0 Å². The molecule has 0 radical (unpaired) electrons. The van der Waals surface area contributed by atoms with E-state index in [2.05, 4.69) is 4.74 Å². The Hall–Kier alpha value is -1.72. The Balaban J connectivity index is 2.05. The monoisotopic (exact) mass is 316 g/mol. The van der Waals surface area contributed by atoms with Gasteiger partial charge in [0.1, 0.15) is 5.75 Å². The second-order valence-electron chi connectivity index (χ2n) is 4.43. The summed E-state index contributed by atoms with van der Waals surface area (Å²) < 4.78 is 39.9. The maximum atomic E-state index is 12.0. The van der Waals surface area contributed by atoms with E-state index in [-0.39, 0.29) is 12.2 Å². The molecule has 0 heterocycles. The fourth-order valence-electron chi connectivity index (χ4n) is 1.91. The zero-order valence-electron chi connectivity index (χ0n) is 10.8. The summed E-state index contributed by atoms with van der Waals surface area (Å²) in [5.41, 5.74) is 1.26. The maximum Gasteiger partial charge on any atom is 0.573 e. The first-order valence-corrected chi connectivity index (χ1v) is 6.50. The Morgan fingerprint density at radius 2 is 1.67 bits per heavy atom. The molecule has 2 aromatic rings. The summed E-state index contributed by atoms with van der Waals surface area (Å²) in [6.45, 7) is 0. The molecule has 1 N–H and O–H groups in total. The molecule has 1 unspecified atom stereocenters. The Morgan fingerprint density at radius 1 is 1.05 bits per heavy atom. The lowest BCUT2D eigenvalue weighted by molar-refractivity contribution is -0.274. The molecular formula is C15H12ClF3O2. The van der Waals surface area contributed by atoms with Gasteiger partial charge >= 0.3 is 6.36 Å². The van der Waals surface area contributed by atoms with Crippen molar-refractivity contribution in [2.45, 2.75) is 18.9 Å². The zero-order valence-corrected chi connectivity index (χ0v) is 11.5. The van der Waals surface area contributed by atoms with Crippen LogP contribution in [0.15, 0.2) is 48.5 Å². The number of alkyl halides is 3. The third-order valence-electron chi connectivity index (χ3n) is 2.85. The SMILES string of the molecule is OC(Cc1ccc(OC(F)(F)F)cc1)c1ccccc1Cl. The Bertz CT molecular complexity index is 597. The van der Waals surface area contributed by atoms with E-state index in [1.807, 2.05) is 0 Å². The average Bonchev–Trinajstić information content (AvgIpc) is 2.40. The quantitative estimate of drug-likeness (QED) is 0.899. The van der Waals surface area contributed by atoms with Gasteiger partial charge in [0.05, 0.1) is 6.10 Å². The number of aliphatic hydroxyl groups is 1. The van der Waals surface area contributed by atoms with Crippen LogP contribution < -0.4 is 4.74 Å². The predicted molar refractivity (Wildman–Crippen MR) is 73.2 cm³/mol. The lowest BCUT2D eigenvalue weighted by atomic mass is 10.0. The van der Waals surface area contributed by atoms with Crippen molar-refractivity contribution < 1.29 is 23.0 Å². The highest BCUT2D eigenvalue weighted by Crippen LogP contribution is 2.27. The van der Waals surface area contributed by atoms with Gasteiger partial charge in [0.15, 0.2) is 0 Å². The minimum atomic E-state index is -4.71. The summed E-state index contributed by atoms with van der Waals surface area (Å²) in [7, 11) is 0. The summed E-state index contributed by atoms with van der Waals surface area (Å²) in [5, 5.41) is 10.6. The summed E-state index contributed by atoms with van der Waals surface area (Å²) >= 11 is 5.98. The van der Waals surface area contributed by atoms with Crippen molar-refractivity contribution in [1.29, 1.82) is 0 Å². The molecule has 2 rings (SSSR count). The Morgan fingerprint density at radius 3 is 2.24 bits per heavy atom. The maximum absolute atomic E-state index is 12.0. The first-order valence-electron chi connectivity index (χ1n) is 6.12. The average molecular weight is 317 g/mol. The van der Waals surface area contributed by atoms with Crippen molar-refractivity contribution in [2.75, 3.05) is 0 Å². The number of rotatable bonds is 4. The molecule has 0 saturated carbocycles. The number of halogens is 4. The molecule has 0 aromatic heterocycles. The summed E-state index contributed by atoms with van der Waals surface area (Å²) in [5.74, 6) is -0.293. The van der Waals surface area contributed by atoms with Gasteiger partial charge < -0.3 is 9.84 Å². The van der Waals surface area contributed by atoms with Crippen LogP contribution >= 0.6 is 11.6 Å². The number of hydrogen-bond donors (Lipinski definition) is 1. The molecule has 0 spiro atoms. The van der Waals surface area contributed by atoms with Gasteiger partial charge in [0.25, 0.3) is 0 Å². The van der Waals surface area contributed by atoms with Crippen LogP contribution in [0.3, 0.4) is 0 Å². The molecule has 21 heavy (non-hydrogen) atoms. The van der Waals surface area contributed by atoms with E-state index < -0.39 is 12.5 Å². The van der Waals surface area contributed by atoms with E-state index in [0.29, 0.717) is 16.1 Å². The number of aliphatic hydroxyl groups excluding tert-OH is 1. The van der Waals surface area contributed by atoms with E-state index in [1.165, 1.54) is 24.3 Å². The largest absolute Gasteiger partial charge is 0.573 e. The molecule has 0 aliphatic carbocycles. The van der Waals surface area contributed by atoms with Crippen molar-refractivity contribution >= 4 is 11.6 Å². The highest BCUT2D eigenvalue weighted by Gasteiger charge is 2.30. The fourth-order valence-corrected chi connectivity index (χ4v) is 2.17. The van der Waals surface area contributed by atoms with Crippen molar-refractivity contribution in [3.05, 3.63) is 64.7 Å². The second kappa shape index (κ2) is 6.37. The van der Waals surface area contributed by atoms with Crippen molar-refractivity contribution in [3.63, 3.8) is 0 Å². The summed E-state index contributed by atoms with van der Waals surface area (Å²) in [6, 6.07) is 12.2. The molecule has 0 bridgehead atoms. The Labute approximate surface area is 124 Å². The normalized spacial score (nSPS) is 13.0. The van der Waals surface area contributed by atoms with Crippen molar-refractivity contribution in [1.82, 2.24) is 0 Å². The second-order valence-corrected chi connectivity index (χ2v) is 4.84. The first-order chi connectivity index (χ1) is 9.85. The third-order valence-corrected chi connectivity index (χ3v) is 3.19. The molecule has 0 saturated heterocycles. The fraction of sp³-hybridized carbons (Fsp3) is 0.200. The van der Waals surface area contributed by atoms with Crippen LogP contribution in [0.4, 0.5) is 13.2 Å². The standard InChI is InChI=1S/C15H12ClF3O2/c16-13-4-2-1-3-12(13)14(20)9-10-5-7-11(8-6-10)21-15(17,18)19/h1-8,14,20H,9H2. The molecule has 0 aliphatic rings. The lowest BCUT2D eigenvalue weighted by Gasteiger charge is -2.13. The van der Waals surface area contributed by atoms with Crippen molar-refractivity contribution in [2.24, 2.45) is 0 Å². The molecular weight excluding hydrogens is 305 g/mol. The number of benzene rings is 2. The van der Waals surface area contributed by atoms with Crippen molar-refractivity contribution in [3.8, 4) is 5.75 Å². The lowest BCUT2D eigenvalue weighted by Crippen LogP contribution is -2.17. The van der Waals surface area contributed by atoms with Crippen LogP contribution in [0, 0.1) is 0 Å². The molecule has 2 nitrogen and oxygen atoms in total. The number of hydrogen-bond acceptors (Lipinski definition) is 2. The zero-order chi connectivity index (χ0) is 15.5. The van der Waals surface area contributed by atoms with Gasteiger partial charge in [0.2, 0.25) is 0 Å². The summed E-state index contributed by atoms with van der Waals surface area (Å²) in [4.78, 5) is 0. The molecule has 0 amide bonds. The minimum Gasteiger partial charge on any atom is -0.406 e. The van der Waals surface area contributed by atoms with Gasteiger partial charge in [-0.05, 0) is 29.3 Å². The van der Waals surface area contributed by atoms with Crippen LogP contribution in [0.1, 0.15) is 17.2 Å². The van der Waals surface area contributed by atoms with Gasteiger partial charge in [-0.15, -0.1) is 13.2 Å². The van der Waals surface area contributed by atoms with Gasteiger partial charge in [-0.25, -0.2) is 0 Å². The van der Waals surface area contributed by atoms with E-state index in [9.17, 15) is 18.3 Å². The van der Waals surface area contributed by atoms with E-state index in [1.54, 1.807) is 24.3 Å². The molecule has 2 aromatic carbocycles. The highest BCUT2D eigenvalue weighted by molar-refractivity contribution is 6.31. The van der Waals surface area contributed by atoms with Crippen LogP contribution in [0.25, 0.3) is 0 Å². The predicted octanol–water partition coefficient (Wildman–Crippen LogP) is 4.51. The minimum absolute atomic E-state index is 0.246. The Kier molecular flexibility index (Phi) is 4.75. The first kappa shape index (κ1) is 15.7. The smallest absolute Gasteiger partial charge is 0.406 e. The van der Waals surface area contributed by atoms with Crippen LogP contribution in [0.2, 0.25) is 5.02 Å². The third kappa shape index (κ3) is 4.65. The highest BCUT2D eigenvalue weighted by atomic mass is 35.5. The molecule has 112 valence electrons. The van der Waals surface area contributed by atoms with Gasteiger partial charge in [0, 0.05) is 11.4 Å². The topological polar surface area (TPSA) is 29.5 Å². The van der Waals surface area contributed by atoms with Crippen LogP contribution in [-0.4, -0.2) is 11.5 Å². The molecule has 1 atom stereocenters. The van der Waals surface area contributed by atoms with Gasteiger partial charge in [-0.2, -0.15) is 0 Å². The van der Waals surface area contributed by atoms with Gasteiger partial charge in [-0.1, -0.05) is 41.9 Å². The van der Waals surface area contributed by atoms with E-state index >= 15 is 0 Å². The molecule has 6 heteroatoms. The van der Waals surface area contributed by atoms with E-state index in [0.717, 1.165) is 0 Å². The van der Waals surface area contributed by atoms with E-state index in [4.69, 9.17) is 11.6 Å². The number of ether oxygens (including phenoxy) is 1. The molecule has 0 fully saturated rings. The summed E-state index contributed by atoms with van der Waals surface area (Å²) in [6.07, 6.45) is -5.29. The van der Waals surface area contributed by atoms with Crippen LogP contribution in [-0.2, 0) is 6.42 Å². The molecule has 0 aliphatic heterocycles.